The predicted molar refractivity (Wildman–Crippen MR) is 72.2 cm³/mol. The van der Waals surface area contributed by atoms with Crippen molar-refractivity contribution in [2.24, 2.45) is 11.5 Å². The Morgan fingerprint density at radius 1 is 1.33 bits per heavy atom. The summed E-state index contributed by atoms with van der Waals surface area (Å²) in [7, 11) is 0. The maximum absolute atomic E-state index is 12.3. The molecule has 1 aliphatic carbocycles. The van der Waals surface area contributed by atoms with Crippen LogP contribution >= 0.6 is 0 Å². The molecule has 4 nitrogen and oxygen atoms in total. The number of amides is 1. The van der Waals surface area contributed by atoms with Crippen LogP contribution in [0.5, 0.6) is 0 Å². The zero-order valence-electron chi connectivity index (χ0n) is 10.6. The molecule has 1 aromatic rings. The first-order valence-electron chi connectivity index (χ1n) is 6.54. The van der Waals surface area contributed by atoms with E-state index < -0.39 is 0 Å². The number of nitrogens with one attached hydrogen (secondary N) is 1. The highest BCUT2D eigenvalue weighted by molar-refractivity contribution is 5.84. The Bertz CT molecular complexity index is 415. The largest absolute Gasteiger partial charge is 0.350 e. The molecule has 0 fully saturated rings. The first-order valence-corrected chi connectivity index (χ1v) is 6.54. The van der Waals surface area contributed by atoms with E-state index >= 15 is 0 Å². The lowest BCUT2D eigenvalue weighted by Crippen LogP contribution is -2.47. The summed E-state index contributed by atoms with van der Waals surface area (Å²) >= 11 is 0. The third-order valence-corrected chi connectivity index (χ3v) is 3.60. The summed E-state index contributed by atoms with van der Waals surface area (Å²) in [5.74, 6) is 0.0126. The molecule has 98 valence electrons. The zero-order chi connectivity index (χ0) is 13.0. The van der Waals surface area contributed by atoms with Gasteiger partial charge in [0.25, 0.3) is 0 Å². The van der Waals surface area contributed by atoms with E-state index in [4.69, 9.17) is 11.5 Å². The van der Waals surface area contributed by atoms with E-state index in [1.807, 2.05) is 12.1 Å². The van der Waals surface area contributed by atoms with Gasteiger partial charge in [0.05, 0.1) is 12.0 Å². The summed E-state index contributed by atoms with van der Waals surface area (Å²) in [6, 6.07) is 8.07. The van der Waals surface area contributed by atoms with Crippen LogP contribution in [0, 0.1) is 0 Å². The number of rotatable bonds is 4. The highest BCUT2D eigenvalue weighted by Gasteiger charge is 2.26. The van der Waals surface area contributed by atoms with Crippen LogP contribution in [-0.2, 0) is 11.2 Å². The van der Waals surface area contributed by atoms with E-state index in [0.717, 1.165) is 24.8 Å². The van der Waals surface area contributed by atoms with Crippen LogP contribution in [0.3, 0.4) is 0 Å². The fraction of sp³-hybridized carbons (Fsp3) is 0.500. The Balaban J connectivity index is 2.12. The predicted octanol–water partition coefficient (Wildman–Crippen LogP) is 0.509. The number of carbonyl (C=O) groups excluding carboxylic acids is 1. The highest BCUT2D eigenvalue weighted by atomic mass is 16.1. The first-order chi connectivity index (χ1) is 8.76. The van der Waals surface area contributed by atoms with Crippen molar-refractivity contribution in [2.75, 3.05) is 13.1 Å². The van der Waals surface area contributed by atoms with Crippen LogP contribution in [-0.4, -0.2) is 25.0 Å². The number of hydrogen-bond donors (Lipinski definition) is 3. The third-order valence-electron chi connectivity index (χ3n) is 3.60. The molecule has 0 bridgehead atoms. The summed E-state index contributed by atoms with van der Waals surface area (Å²) in [6.07, 6.45) is 3.03. The molecule has 18 heavy (non-hydrogen) atoms. The maximum atomic E-state index is 12.3. The molecular formula is C14H21N3O. The second kappa shape index (κ2) is 5.98. The summed E-state index contributed by atoms with van der Waals surface area (Å²) < 4.78 is 0. The van der Waals surface area contributed by atoms with E-state index in [2.05, 4.69) is 17.4 Å². The van der Waals surface area contributed by atoms with Crippen molar-refractivity contribution < 1.29 is 4.79 Å². The molecule has 0 saturated carbocycles. The fourth-order valence-electron chi connectivity index (χ4n) is 2.54. The normalized spacial score (nSPS) is 18.5. The second-order valence-electron chi connectivity index (χ2n) is 4.82. The van der Waals surface area contributed by atoms with Crippen molar-refractivity contribution in [3.05, 3.63) is 35.4 Å². The standard InChI is InChI=1S/C14H21N3O/c15-8-11(9-16)17-14(18)13-7-3-5-10-4-1-2-6-12(10)13/h1-2,4,6,11,13H,3,5,7-9,15-16H2,(H,17,18). The van der Waals surface area contributed by atoms with Gasteiger partial charge in [-0.05, 0) is 30.4 Å². The van der Waals surface area contributed by atoms with Crippen LogP contribution < -0.4 is 16.8 Å². The molecule has 5 N–H and O–H groups in total. The number of hydrogen-bond acceptors (Lipinski definition) is 3. The Morgan fingerprint density at radius 3 is 2.78 bits per heavy atom. The van der Waals surface area contributed by atoms with Crippen molar-refractivity contribution in [3.8, 4) is 0 Å². The Hall–Kier alpha value is -1.39. The molecule has 0 aromatic heterocycles. The minimum absolute atomic E-state index is 0.0458. The lowest BCUT2D eigenvalue weighted by Gasteiger charge is -2.26. The molecule has 1 aliphatic rings. The van der Waals surface area contributed by atoms with Gasteiger partial charge < -0.3 is 16.8 Å². The van der Waals surface area contributed by atoms with Crippen molar-refractivity contribution in [2.45, 2.75) is 31.2 Å². The number of fused-ring (bicyclic) bond motifs is 1. The van der Waals surface area contributed by atoms with E-state index in [9.17, 15) is 4.79 Å². The van der Waals surface area contributed by atoms with Gasteiger partial charge in [-0.3, -0.25) is 4.79 Å². The SMILES string of the molecule is NCC(CN)NC(=O)C1CCCc2ccccc21. The van der Waals surface area contributed by atoms with E-state index in [1.54, 1.807) is 0 Å². The summed E-state index contributed by atoms with van der Waals surface area (Å²) in [6.45, 7) is 0.771. The van der Waals surface area contributed by atoms with Gasteiger partial charge in [0.15, 0.2) is 0 Å². The molecule has 0 saturated heterocycles. The van der Waals surface area contributed by atoms with Gasteiger partial charge in [0, 0.05) is 13.1 Å². The molecule has 1 amide bonds. The second-order valence-corrected chi connectivity index (χ2v) is 4.82. The molecule has 4 heteroatoms. The van der Waals surface area contributed by atoms with Crippen LogP contribution in [0.4, 0.5) is 0 Å². The van der Waals surface area contributed by atoms with E-state index in [0.29, 0.717) is 13.1 Å². The van der Waals surface area contributed by atoms with Gasteiger partial charge in [0.1, 0.15) is 0 Å². The Labute approximate surface area is 108 Å². The lowest BCUT2D eigenvalue weighted by atomic mass is 9.82. The van der Waals surface area contributed by atoms with Crippen molar-refractivity contribution in [1.82, 2.24) is 5.32 Å². The van der Waals surface area contributed by atoms with Crippen LogP contribution in [0.25, 0.3) is 0 Å². The Kier molecular flexibility index (Phi) is 4.33. The number of nitrogens with two attached hydrogens (primary N) is 2. The van der Waals surface area contributed by atoms with Gasteiger partial charge in [-0.1, -0.05) is 24.3 Å². The molecule has 0 heterocycles. The molecule has 1 aromatic carbocycles. The van der Waals surface area contributed by atoms with E-state index in [-0.39, 0.29) is 17.9 Å². The van der Waals surface area contributed by atoms with Gasteiger partial charge in [0.2, 0.25) is 5.91 Å². The topological polar surface area (TPSA) is 81.1 Å². The summed E-state index contributed by atoms with van der Waals surface area (Å²) in [5.41, 5.74) is 13.6. The molecule has 1 unspecified atom stereocenters. The van der Waals surface area contributed by atoms with Crippen LogP contribution in [0.2, 0.25) is 0 Å². The van der Waals surface area contributed by atoms with Crippen LogP contribution in [0.15, 0.2) is 24.3 Å². The molecule has 2 rings (SSSR count). The molecule has 0 radical (unpaired) electrons. The minimum Gasteiger partial charge on any atom is -0.350 e. The molecule has 0 spiro atoms. The molecular weight excluding hydrogens is 226 g/mol. The highest BCUT2D eigenvalue weighted by Crippen LogP contribution is 2.31. The molecule has 0 aliphatic heterocycles. The maximum Gasteiger partial charge on any atom is 0.227 e. The first kappa shape index (κ1) is 13.1. The average molecular weight is 247 g/mol. The average Bonchev–Trinajstić information content (AvgIpc) is 2.43. The quantitative estimate of drug-likeness (QED) is 0.725. The fourth-order valence-corrected chi connectivity index (χ4v) is 2.54. The minimum atomic E-state index is -0.119. The van der Waals surface area contributed by atoms with Crippen molar-refractivity contribution in [3.63, 3.8) is 0 Å². The number of aryl methyl sites for hydroxylation is 1. The van der Waals surface area contributed by atoms with Crippen molar-refractivity contribution in [1.29, 1.82) is 0 Å². The van der Waals surface area contributed by atoms with Gasteiger partial charge in [-0.25, -0.2) is 0 Å². The number of benzene rings is 1. The smallest absolute Gasteiger partial charge is 0.227 e. The van der Waals surface area contributed by atoms with Gasteiger partial charge in [-0.15, -0.1) is 0 Å². The number of carbonyl (C=O) groups is 1. The van der Waals surface area contributed by atoms with Gasteiger partial charge in [-0.2, -0.15) is 0 Å². The summed E-state index contributed by atoms with van der Waals surface area (Å²) in [4.78, 5) is 12.3. The zero-order valence-corrected chi connectivity index (χ0v) is 10.6. The lowest BCUT2D eigenvalue weighted by molar-refractivity contribution is -0.123. The van der Waals surface area contributed by atoms with Crippen molar-refractivity contribution >= 4 is 5.91 Å². The summed E-state index contributed by atoms with van der Waals surface area (Å²) in [5, 5.41) is 2.94. The van der Waals surface area contributed by atoms with E-state index in [1.165, 1.54) is 5.56 Å². The third kappa shape index (κ3) is 2.71. The van der Waals surface area contributed by atoms with Gasteiger partial charge >= 0.3 is 0 Å². The monoisotopic (exact) mass is 247 g/mol. The Morgan fingerprint density at radius 2 is 2.06 bits per heavy atom. The molecule has 1 atom stereocenters. The van der Waals surface area contributed by atoms with Crippen LogP contribution in [0.1, 0.15) is 29.9 Å².